The number of anilines is 1. The third-order valence-electron chi connectivity index (χ3n) is 3.34. The second-order valence-corrected chi connectivity index (χ2v) is 5.09. The van der Waals surface area contributed by atoms with Crippen molar-refractivity contribution < 1.29 is 17.9 Å². The van der Waals surface area contributed by atoms with Crippen molar-refractivity contribution in [3.8, 4) is 5.75 Å². The SMILES string of the molecule is Cn1ncc2c(NCc3ccccc3OCC(F)(F)F)ncnc21. The number of nitrogens with one attached hydrogen (secondary N) is 1. The van der Waals surface area contributed by atoms with Crippen molar-refractivity contribution in [2.45, 2.75) is 12.7 Å². The van der Waals surface area contributed by atoms with Crippen LogP contribution in [0.1, 0.15) is 5.56 Å². The van der Waals surface area contributed by atoms with Gasteiger partial charge in [-0.3, -0.25) is 4.68 Å². The summed E-state index contributed by atoms with van der Waals surface area (Å²) < 4.78 is 43.5. The highest BCUT2D eigenvalue weighted by molar-refractivity contribution is 5.85. The van der Waals surface area contributed by atoms with Gasteiger partial charge in [-0.05, 0) is 6.07 Å². The van der Waals surface area contributed by atoms with E-state index < -0.39 is 12.8 Å². The van der Waals surface area contributed by atoms with Gasteiger partial charge in [-0.15, -0.1) is 0 Å². The van der Waals surface area contributed by atoms with Gasteiger partial charge in [0, 0.05) is 19.2 Å². The molecule has 126 valence electrons. The van der Waals surface area contributed by atoms with Gasteiger partial charge in [0.25, 0.3) is 0 Å². The Balaban J connectivity index is 1.77. The number of halogens is 3. The molecule has 0 aliphatic rings. The molecule has 6 nitrogen and oxygen atoms in total. The van der Waals surface area contributed by atoms with E-state index in [-0.39, 0.29) is 12.3 Å². The number of alkyl halides is 3. The zero-order chi connectivity index (χ0) is 17.2. The molecule has 2 aromatic heterocycles. The molecule has 24 heavy (non-hydrogen) atoms. The van der Waals surface area contributed by atoms with Gasteiger partial charge in [0.1, 0.15) is 17.9 Å². The lowest BCUT2D eigenvalue weighted by Gasteiger charge is -2.14. The summed E-state index contributed by atoms with van der Waals surface area (Å²) in [6, 6.07) is 6.55. The molecule has 1 N–H and O–H groups in total. The van der Waals surface area contributed by atoms with Crippen LogP contribution in [0.15, 0.2) is 36.8 Å². The van der Waals surface area contributed by atoms with E-state index in [0.29, 0.717) is 17.0 Å². The summed E-state index contributed by atoms with van der Waals surface area (Å²) in [5.74, 6) is 0.734. The van der Waals surface area contributed by atoms with Gasteiger partial charge >= 0.3 is 6.18 Å². The van der Waals surface area contributed by atoms with Crippen molar-refractivity contribution in [1.82, 2.24) is 19.7 Å². The lowest BCUT2D eigenvalue weighted by molar-refractivity contribution is -0.153. The molecule has 0 saturated heterocycles. The maximum atomic E-state index is 12.3. The zero-order valence-corrected chi connectivity index (χ0v) is 12.7. The molecular formula is C15H14F3N5O. The van der Waals surface area contributed by atoms with Gasteiger partial charge in [-0.1, -0.05) is 18.2 Å². The summed E-state index contributed by atoms with van der Waals surface area (Å²) in [5.41, 5.74) is 1.26. The van der Waals surface area contributed by atoms with Crippen LogP contribution >= 0.6 is 0 Å². The number of para-hydroxylation sites is 1. The lowest BCUT2D eigenvalue weighted by Crippen LogP contribution is -2.20. The summed E-state index contributed by atoms with van der Waals surface area (Å²) in [6.45, 7) is -1.07. The smallest absolute Gasteiger partial charge is 0.422 e. The summed E-state index contributed by atoms with van der Waals surface area (Å²) >= 11 is 0. The standard InChI is InChI=1S/C15H14F3N5O/c1-23-14-11(7-22-23)13(20-9-21-14)19-6-10-4-2-3-5-12(10)24-8-15(16,17)18/h2-5,7,9H,6,8H2,1H3,(H,19,20,21). The molecule has 0 bridgehead atoms. The summed E-state index contributed by atoms with van der Waals surface area (Å²) in [5, 5.41) is 7.93. The van der Waals surface area contributed by atoms with Crippen molar-refractivity contribution in [3.63, 3.8) is 0 Å². The molecule has 0 saturated carbocycles. The van der Waals surface area contributed by atoms with Crippen LogP contribution in [0, 0.1) is 0 Å². The van der Waals surface area contributed by atoms with Crippen molar-refractivity contribution >= 4 is 16.9 Å². The zero-order valence-electron chi connectivity index (χ0n) is 12.7. The maximum absolute atomic E-state index is 12.3. The monoisotopic (exact) mass is 337 g/mol. The Bertz CT molecular complexity index is 846. The molecule has 0 atom stereocenters. The topological polar surface area (TPSA) is 64.9 Å². The molecule has 0 radical (unpaired) electrons. The van der Waals surface area contributed by atoms with Crippen LogP contribution in [0.2, 0.25) is 0 Å². The Kier molecular flexibility index (Phi) is 4.24. The third kappa shape index (κ3) is 3.55. The first-order valence-corrected chi connectivity index (χ1v) is 7.08. The average Bonchev–Trinajstić information content (AvgIpc) is 2.93. The van der Waals surface area contributed by atoms with E-state index in [9.17, 15) is 13.2 Å². The second-order valence-electron chi connectivity index (χ2n) is 5.09. The summed E-state index contributed by atoms with van der Waals surface area (Å²) in [7, 11) is 1.76. The van der Waals surface area contributed by atoms with E-state index in [0.717, 1.165) is 5.39 Å². The number of ether oxygens (including phenoxy) is 1. The molecule has 0 spiro atoms. The Morgan fingerprint density at radius 3 is 2.79 bits per heavy atom. The highest BCUT2D eigenvalue weighted by atomic mass is 19.4. The molecule has 3 aromatic rings. The average molecular weight is 337 g/mol. The molecular weight excluding hydrogens is 323 g/mol. The predicted octanol–water partition coefficient (Wildman–Crippen LogP) is 2.92. The third-order valence-corrected chi connectivity index (χ3v) is 3.34. The first kappa shape index (κ1) is 16.0. The highest BCUT2D eigenvalue weighted by Gasteiger charge is 2.28. The fraction of sp³-hybridized carbons (Fsp3) is 0.267. The van der Waals surface area contributed by atoms with Crippen LogP contribution in [-0.4, -0.2) is 32.5 Å². The van der Waals surface area contributed by atoms with Gasteiger partial charge in [0.2, 0.25) is 0 Å². The first-order chi connectivity index (χ1) is 11.4. The minimum atomic E-state index is -4.38. The molecule has 3 rings (SSSR count). The Hall–Kier alpha value is -2.84. The van der Waals surface area contributed by atoms with Crippen molar-refractivity contribution in [2.24, 2.45) is 7.05 Å². The van der Waals surface area contributed by atoms with Gasteiger partial charge in [0.15, 0.2) is 12.3 Å². The van der Waals surface area contributed by atoms with E-state index in [2.05, 4.69) is 20.4 Å². The molecule has 9 heteroatoms. The largest absolute Gasteiger partial charge is 0.484 e. The van der Waals surface area contributed by atoms with Crippen molar-refractivity contribution in [2.75, 3.05) is 11.9 Å². The predicted molar refractivity (Wildman–Crippen MR) is 81.6 cm³/mol. The fourth-order valence-electron chi connectivity index (χ4n) is 2.23. The van der Waals surface area contributed by atoms with Gasteiger partial charge in [-0.2, -0.15) is 18.3 Å². The molecule has 1 aromatic carbocycles. The number of hydrogen-bond donors (Lipinski definition) is 1. The Labute approximate surface area is 135 Å². The van der Waals surface area contributed by atoms with Crippen LogP contribution in [0.3, 0.4) is 0 Å². The minimum Gasteiger partial charge on any atom is -0.484 e. The van der Waals surface area contributed by atoms with Gasteiger partial charge < -0.3 is 10.1 Å². The van der Waals surface area contributed by atoms with Crippen molar-refractivity contribution in [3.05, 3.63) is 42.4 Å². The van der Waals surface area contributed by atoms with E-state index in [1.54, 1.807) is 36.1 Å². The van der Waals surface area contributed by atoms with Gasteiger partial charge in [-0.25, -0.2) is 9.97 Å². The van der Waals surface area contributed by atoms with Crippen LogP contribution in [0.4, 0.5) is 19.0 Å². The Morgan fingerprint density at radius 1 is 1.21 bits per heavy atom. The van der Waals surface area contributed by atoms with Gasteiger partial charge in [0.05, 0.1) is 11.6 Å². The number of aryl methyl sites for hydroxylation is 1. The number of fused-ring (bicyclic) bond motifs is 1. The summed E-state index contributed by atoms with van der Waals surface area (Å²) in [4.78, 5) is 8.28. The molecule has 2 heterocycles. The van der Waals surface area contributed by atoms with Crippen molar-refractivity contribution in [1.29, 1.82) is 0 Å². The Morgan fingerprint density at radius 2 is 2.00 bits per heavy atom. The van der Waals surface area contributed by atoms with E-state index in [4.69, 9.17) is 4.74 Å². The lowest BCUT2D eigenvalue weighted by atomic mass is 10.2. The number of nitrogens with zero attached hydrogens (tertiary/aromatic N) is 4. The van der Waals surface area contributed by atoms with Crippen LogP contribution in [0.5, 0.6) is 5.75 Å². The minimum absolute atomic E-state index is 0.179. The highest BCUT2D eigenvalue weighted by Crippen LogP contribution is 2.24. The molecule has 0 aliphatic heterocycles. The maximum Gasteiger partial charge on any atom is 0.422 e. The van der Waals surface area contributed by atoms with Crippen LogP contribution in [0.25, 0.3) is 11.0 Å². The van der Waals surface area contributed by atoms with E-state index >= 15 is 0 Å². The molecule has 0 aliphatic carbocycles. The molecule has 0 unspecified atom stereocenters. The van der Waals surface area contributed by atoms with Crippen LogP contribution < -0.4 is 10.1 Å². The molecule has 0 amide bonds. The number of rotatable bonds is 5. The number of benzene rings is 1. The number of hydrogen-bond acceptors (Lipinski definition) is 5. The first-order valence-electron chi connectivity index (χ1n) is 7.08. The van der Waals surface area contributed by atoms with Crippen LogP contribution in [-0.2, 0) is 13.6 Å². The second kappa shape index (κ2) is 6.34. The van der Waals surface area contributed by atoms with E-state index in [1.165, 1.54) is 12.4 Å². The molecule has 0 fully saturated rings. The summed E-state index contributed by atoms with van der Waals surface area (Å²) in [6.07, 6.45) is -1.35. The fourth-order valence-corrected chi connectivity index (χ4v) is 2.23. The quantitative estimate of drug-likeness (QED) is 0.775. The number of aromatic nitrogens is 4. The van der Waals surface area contributed by atoms with E-state index in [1.807, 2.05) is 0 Å². The normalized spacial score (nSPS) is 11.7.